The van der Waals surface area contributed by atoms with Crippen molar-refractivity contribution in [1.82, 2.24) is 0 Å². The molecule has 1 aromatic rings. The minimum atomic E-state index is -1.08. The van der Waals surface area contributed by atoms with Gasteiger partial charge in [-0.3, -0.25) is 4.79 Å². The Kier molecular flexibility index (Phi) is 5.46. The summed E-state index contributed by atoms with van der Waals surface area (Å²) >= 11 is 3.23. The van der Waals surface area contributed by atoms with Crippen LogP contribution in [0.3, 0.4) is 0 Å². The summed E-state index contributed by atoms with van der Waals surface area (Å²) in [5.41, 5.74) is 1.55. The van der Waals surface area contributed by atoms with Crippen LogP contribution in [-0.2, 0) is 4.74 Å². The molecule has 0 amide bonds. The Balaban J connectivity index is 2.02. The molecule has 1 aliphatic heterocycles. The van der Waals surface area contributed by atoms with Crippen molar-refractivity contribution >= 4 is 35.5 Å². The normalized spacial score (nSPS) is 14.0. The number of carbonyl (C=O) groups is 1. The molecule has 0 aromatic heterocycles. The summed E-state index contributed by atoms with van der Waals surface area (Å²) in [4.78, 5) is 14.0. The maximum absolute atomic E-state index is 12.0. The van der Waals surface area contributed by atoms with Crippen LogP contribution in [0.15, 0.2) is 18.2 Å². The summed E-state index contributed by atoms with van der Waals surface area (Å²) in [6.07, 6.45) is 0. The van der Waals surface area contributed by atoms with Crippen LogP contribution in [0.2, 0.25) is 25.7 Å². The van der Waals surface area contributed by atoms with Gasteiger partial charge in [-0.05, 0) is 18.2 Å². The van der Waals surface area contributed by atoms with Crippen molar-refractivity contribution in [2.24, 2.45) is 0 Å². The minimum absolute atomic E-state index is 0.0597. The summed E-state index contributed by atoms with van der Waals surface area (Å²) in [5, 5.41) is 0.313. The van der Waals surface area contributed by atoms with Gasteiger partial charge in [0, 0.05) is 20.2 Å². The molecule has 1 aliphatic rings. The lowest BCUT2D eigenvalue weighted by atomic mass is 10.1. The molecule has 116 valence electrons. The molecule has 4 nitrogen and oxygen atoms in total. The van der Waals surface area contributed by atoms with Gasteiger partial charge in [-0.2, -0.15) is 0 Å². The van der Waals surface area contributed by atoms with Crippen molar-refractivity contribution < 1.29 is 14.3 Å². The highest BCUT2D eigenvalue weighted by molar-refractivity contribution is 9.09. The molecule has 2 rings (SSSR count). The lowest BCUT2D eigenvalue weighted by Gasteiger charge is -2.20. The summed E-state index contributed by atoms with van der Waals surface area (Å²) in [6, 6.07) is 6.72. The first-order chi connectivity index (χ1) is 9.92. The largest absolute Gasteiger partial charge is 0.471 e. The smallest absolute Gasteiger partial charge is 0.175 e. The lowest BCUT2D eigenvalue weighted by molar-refractivity contribution is 0.102. The molecule has 1 heterocycles. The number of hydrogen-bond acceptors (Lipinski definition) is 4. The highest BCUT2D eigenvalue weighted by Gasteiger charge is 2.26. The topological polar surface area (TPSA) is 38.8 Å². The first-order valence-corrected chi connectivity index (χ1v) is 11.9. The molecule has 0 N–H and O–H groups in total. The van der Waals surface area contributed by atoms with E-state index < -0.39 is 8.07 Å². The third kappa shape index (κ3) is 4.31. The first-order valence-electron chi connectivity index (χ1n) is 7.10. The maximum atomic E-state index is 12.0. The van der Waals surface area contributed by atoms with Gasteiger partial charge in [0.25, 0.3) is 0 Å². The average molecular weight is 372 g/mol. The van der Waals surface area contributed by atoms with E-state index in [0.29, 0.717) is 24.4 Å². The van der Waals surface area contributed by atoms with Crippen molar-refractivity contribution in [3.63, 3.8) is 0 Å². The fourth-order valence-electron chi connectivity index (χ4n) is 2.13. The van der Waals surface area contributed by atoms with Gasteiger partial charge in [0.2, 0.25) is 0 Å². The van der Waals surface area contributed by atoms with E-state index in [1.165, 1.54) is 0 Å². The summed E-state index contributed by atoms with van der Waals surface area (Å²) in [5.74, 6) is 0.819. The van der Waals surface area contributed by atoms with E-state index in [1.54, 1.807) is 0 Å². The molecule has 21 heavy (non-hydrogen) atoms. The van der Waals surface area contributed by atoms with E-state index in [1.807, 2.05) is 23.1 Å². The maximum Gasteiger partial charge on any atom is 0.175 e. The van der Waals surface area contributed by atoms with Crippen LogP contribution in [0.5, 0.6) is 5.75 Å². The van der Waals surface area contributed by atoms with Crippen LogP contribution >= 0.6 is 15.9 Å². The number of para-hydroxylation sites is 1. The molecular formula is C15H22BrNO3Si. The van der Waals surface area contributed by atoms with E-state index in [-0.39, 0.29) is 5.78 Å². The number of anilines is 1. The van der Waals surface area contributed by atoms with E-state index in [0.717, 1.165) is 24.1 Å². The van der Waals surface area contributed by atoms with Gasteiger partial charge in [0.1, 0.15) is 12.5 Å². The van der Waals surface area contributed by atoms with Crippen molar-refractivity contribution in [1.29, 1.82) is 0 Å². The Bertz CT molecular complexity index is 516. The molecule has 0 fully saturated rings. The quantitative estimate of drug-likeness (QED) is 0.316. The number of rotatable bonds is 7. The van der Waals surface area contributed by atoms with Crippen LogP contribution in [0, 0.1) is 0 Å². The van der Waals surface area contributed by atoms with Gasteiger partial charge in [-0.25, -0.2) is 0 Å². The lowest BCUT2D eigenvalue weighted by Crippen LogP contribution is -2.28. The second kappa shape index (κ2) is 6.94. The average Bonchev–Trinajstić information content (AvgIpc) is 2.85. The van der Waals surface area contributed by atoms with E-state index in [4.69, 9.17) is 9.47 Å². The number of ether oxygens (including phenoxy) is 2. The number of alkyl halides is 1. The second-order valence-corrected chi connectivity index (χ2v) is 12.6. The molecule has 0 saturated heterocycles. The fourth-order valence-corrected chi connectivity index (χ4v) is 3.19. The predicted molar refractivity (Wildman–Crippen MR) is 91.5 cm³/mol. The number of hydrogen-bond donors (Lipinski definition) is 0. The van der Waals surface area contributed by atoms with Crippen molar-refractivity contribution in [2.45, 2.75) is 25.7 Å². The number of carbonyl (C=O) groups excluding carboxylic acids is 1. The zero-order valence-corrected chi connectivity index (χ0v) is 15.4. The summed E-state index contributed by atoms with van der Waals surface area (Å²) < 4.78 is 11.4. The number of Topliss-reactive ketones (excluding diaryl/α,β-unsaturated/α-hetero) is 1. The Labute approximate surface area is 135 Å². The molecular weight excluding hydrogens is 350 g/mol. The Morgan fingerprint density at radius 2 is 2.19 bits per heavy atom. The fraction of sp³-hybridized carbons (Fsp3) is 0.533. The molecule has 0 bridgehead atoms. The molecule has 0 spiro atoms. The van der Waals surface area contributed by atoms with Crippen molar-refractivity contribution in [2.75, 3.05) is 30.3 Å². The Hall–Kier alpha value is -0.853. The number of fused-ring (bicyclic) bond motifs is 1. The Morgan fingerprint density at radius 3 is 2.86 bits per heavy atom. The Morgan fingerprint density at radius 1 is 1.43 bits per heavy atom. The highest BCUT2D eigenvalue weighted by Crippen LogP contribution is 2.37. The molecule has 0 saturated carbocycles. The van der Waals surface area contributed by atoms with Gasteiger partial charge < -0.3 is 14.4 Å². The van der Waals surface area contributed by atoms with Crippen molar-refractivity contribution in [3.05, 3.63) is 23.8 Å². The highest BCUT2D eigenvalue weighted by atomic mass is 79.9. The van der Waals surface area contributed by atoms with E-state index in [2.05, 4.69) is 35.6 Å². The van der Waals surface area contributed by atoms with Gasteiger partial charge in [0.15, 0.2) is 12.5 Å². The van der Waals surface area contributed by atoms with Crippen LogP contribution in [0.1, 0.15) is 10.4 Å². The zero-order chi connectivity index (χ0) is 15.5. The van der Waals surface area contributed by atoms with Gasteiger partial charge >= 0.3 is 0 Å². The molecule has 0 radical (unpaired) electrons. The minimum Gasteiger partial charge on any atom is -0.471 e. The second-order valence-electron chi connectivity index (χ2n) is 6.37. The molecule has 6 heteroatoms. The molecule has 0 atom stereocenters. The number of ketones is 1. The molecule has 0 unspecified atom stereocenters. The zero-order valence-electron chi connectivity index (χ0n) is 12.8. The van der Waals surface area contributed by atoms with E-state index >= 15 is 0 Å². The van der Waals surface area contributed by atoms with Crippen LogP contribution in [0.25, 0.3) is 0 Å². The summed E-state index contributed by atoms with van der Waals surface area (Å²) in [6.45, 7) is 8.65. The summed E-state index contributed by atoms with van der Waals surface area (Å²) in [7, 11) is -1.08. The van der Waals surface area contributed by atoms with Crippen molar-refractivity contribution in [3.8, 4) is 5.75 Å². The SMILES string of the molecule is C[Si](C)(C)CCOCN1COc2cccc(C(=O)CBr)c21. The van der Waals surface area contributed by atoms with Crippen LogP contribution < -0.4 is 9.64 Å². The number of benzene rings is 1. The number of nitrogens with zero attached hydrogens (tertiary/aromatic N) is 1. The van der Waals surface area contributed by atoms with Crippen LogP contribution in [-0.4, -0.2) is 39.3 Å². The molecule has 1 aromatic carbocycles. The van der Waals surface area contributed by atoms with Gasteiger partial charge in [0.05, 0.1) is 11.0 Å². The third-order valence-corrected chi connectivity index (χ3v) is 5.57. The first kappa shape index (κ1) is 16.5. The van der Waals surface area contributed by atoms with Crippen LogP contribution in [0.4, 0.5) is 5.69 Å². The monoisotopic (exact) mass is 371 g/mol. The standard InChI is InChI=1S/C15H22BrNO3Si/c1-21(2,3)8-7-19-10-17-11-20-14-6-4-5-12(15(14)17)13(18)9-16/h4-6H,7-11H2,1-3H3. The third-order valence-electron chi connectivity index (χ3n) is 3.36. The number of halogens is 1. The van der Waals surface area contributed by atoms with Gasteiger partial charge in [-0.1, -0.05) is 41.6 Å². The predicted octanol–water partition coefficient (Wildman–Crippen LogP) is 3.73. The molecule has 0 aliphatic carbocycles. The van der Waals surface area contributed by atoms with Gasteiger partial charge in [-0.15, -0.1) is 0 Å². The van der Waals surface area contributed by atoms with E-state index in [9.17, 15) is 4.79 Å².